The van der Waals surface area contributed by atoms with Crippen LogP contribution in [0.2, 0.25) is 0 Å². The molecule has 1 heterocycles. The Morgan fingerprint density at radius 2 is 1.57 bits per heavy atom. The highest BCUT2D eigenvalue weighted by atomic mass is 32.3. The van der Waals surface area contributed by atoms with Crippen LogP contribution in [0.5, 0.6) is 0 Å². The summed E-state index contributed by atoms with van der Waals surface area (Å²) < 4.78 is 68.3. The largest absolute Gasteiger partial charge is 0.460 e. The molecule has 128 valence electrons. The zero-order valence-electron chi connectivity index (χ0n) is 10.6. The number of hydrogen-bond acceptors (Lipinski definition) is 11. The van der Waals surface area contributed by atoms with Gasteiger partial charge in [-0.25, -0.2) is 4.79 Å². The Labute approximate surface area is 120 Å². The fourth-order valence-electron chi connectivity index (χ4n) is 0.468. The smallest absolute Gasteiger partial charge is 0.425 e. The van der Waals surface area contributed by atoms with Gasteiger partial charge in [0.2, 0.25) is 0 Å². The van der Waals surface area contributed by atoms with Gasteiger partial charge < -0.3 is 21.8 Å². The second-order valence-electron chi connectivity index (χ2n) is 2.78. The molecule has 0 aromatic heterocycles. The predicted molar refractivity (Wildman–Crippen MR) is 66.2 cm³/mol. The maximum Gasteiger partial charge on any atom is 0.425 e. The van der Waals surface area contributed by atoms with Crippen molar-refractivity contribution in [2.75, 3.05) is 13.2 Å². The van der Waals surface area contributed by atoms with Crippen molar-refractivity contribution in [3.05, 3.63) is 12.7 Å². The van der Waals surface area contributed by atoms with E-state index in [9.17, 15) is 21.6 Å². The van der Waals surface area contributed by atoms with Gasteiger partial charge in [0.25, 0.3) is 0 Å². The number of hydrogen-bond donors (Lipinski definition) is 4. The summed E-state index contributed by atoms with van der Waals surface area (Å²) in [6, 6.07) is 0. The number of ether oxygens (including phenoxy) is 2. The molecule has 0 amide bonds. The van der Waals surface area contributed by atoms with Crippen LogP contribution in [0.3, 0.4) is 0 Å². The first-order valence-electron chi connectivity index (χ1n) is 4.27. The summed E-state index contributed by atoms with van der Waals surface area (Å²) in [5, 5.41) is 0. The third kappa shape index (κ3) is 21.3. The first-order valence-corrected chi connectivity index (χ1v) is 7.00. The Morgan fingerprint density at radius 1 is 1.19 bits per heavy atom. The van der Waals surface area contributed by atoms with Crippen molar-refractivity contribution in [2.24, 2.45) is 0 Å². The van der Waals surface area contributed by atoms with E-state index in [2.05, 4.69) is 20.0 Å². The van der Waals surface area contributed by atoms with Crippen LogP contribution in [-0.2, 0) is 43.7 Å². The fourth-order valence-corrected chi connectivity index (χ4v) is 1.03. The number of esters is 1. The van der Waals surface area contributed by atoms with Crippen LogP contribution in [0.1, 0.15) is 0 Å². The summed E-state index contributed by atoms with van der Waals surface area (Å²) in [5.74, 6) is -0.384. The van der Waals surface area contributed by atoms with Crippen LogP contribution >= 0.6 is 0 Å². The molecule has 1 unspecified atom stereocenters. The maximum atomic E-state index is 10.3. The highest BCUT2D eigenvalue weighted by molar-refractivity contribution is 7.83. The molecule has 8 N–H and O–H groups in total. The Kier molecular flexibility index (Phi) is 12.5. The van der Waals surface area contributed by atoms with Crippen LogP contribution < -0.4 is 12.3 Å². The second kappa shape index (κ2) is 10.5. The molecule has 13 nitrogen and oxygen atoms in total. The van der Waals surface area contributed by atoms with E-state index < -0.39 is 20.8 Å². The third-order valence-electron chi connectivity index (χ3n) is 1.18. The first-order chi connectivity index (χ1) is 8.53. The van der Waals surface area contributed by atoms with Crippen molar-refractivity contribution in [1.29, 1.82) is 0 Å². The average Bonchev–Trinajstić information content (AvgIpc) is 3.06. The minimum Gasteiger partial charge on any atom is -0.460 e. The van der Waals surface area contributed by atoms with Crippen LogP contribution in [0.15, 0.2) is 12.7 Å². The van der Waals surface area contributed by atoms with E-state index in [0.29, 0.717) is 13.2 Å². The topological polar surface area (TPSA) is 236 Å². The highest BCUT2D eigenvalue weighted by Gasteiger charge is 2.23. The lowest BCUT2D eigenvalue weighted by atomic mass is 10.5. The highest BCUT2D eigenvalue weighted by Crippen LogP contribution is 2.08. The minimum absolute atomic E-state index is 0. The summed E-state index contributed by atoms with van der Waals surface area (Å²) in [7, 11) is -10.0. The van der Waals surface area contributed by atoms with E-state index in [0.717, 1.165) is 6.08 Å². The van der Waals surface area contributed by atoms with E-state index in [1.807, 2.05) is 0 Å². The van der Waals surface area contributed by atoms with Gasteiger partial charge in [-0.1, -0.05) is 15.2 Å². The molecule has 0 aliphatic carbocycles. The van der Waals surface area contributed by atoms with Crippen LogP contribution in [-0.4, -0.2) is 51.2 Å². The van der Waals surface area contributed by atoms with Crippen LogP contribution in [0.4, 0.5) is 0 Å². The summed E-state index contributed by atoms with van der Waals surface area (Å²) in [6.07, 6.45) is 1.29. The van der Waals surface area contributed by atoms with Crippen molar-refractivity contribution in [3.63, 3.8) is 0 Å². The second-order valence-corrected chi connectivity index (χ2v) is 4.76. The maximum absolute atomic E-state index is 10.3. The van der Waals surface area contributed by atoms with Crippen molar-refractivity contribution >= 4 is 26.8 Å². The monoisotopic (exact) mass is 356 g/mol. The molecule has 1 aliphatic rings. The summed E-state index contributed by atoms with van der Waals surface area (Å²) in [6.45, 7) is 4.32. The van der Waals surface area contributed by atoms with Gasteiger partial charge in [0.15, 0.2) is 0 Å². The lowest BCUT2D eigenvalue weighted by Crippen LogP contribution is -2.10. The zero-order chi connectivity index (χ0) is 15.1. The molecule has 0 aromatic carbocycles. The molecule has 0 radical (unpaired) electrons. The minimum atomic E-state index is -5.02. The molecular formula is C6H16N2O11S2. The van der Waals surface area contributed by atoms with Gasteiger partial charge in [0.1, 0.15) is 12.7 Å². The van der Waals surface area contributed by atoms with E-state index in [4.69, 9.17) is 13.8 Å². The Balaban J connectivity index is -0.000000282. The van der Waals surface area contributed by atoms with E-state index in [1.165, 1.54) is 0 Å². The molecular weight excluding hydrogens is 340 g/mol. The number of epoxide rings is 1. The molecule has 15 heteroatoms. The fraction of sp³-hybridized carbons (Fsp3) is 0.500. The van der Waals surface area contributed by atoms with E-state index >= 15 is 0 Å². The molecule has 0 aromatic rings. The van der Waals surface area contributed by atoms with Gasteiger partial charge in [-0.15, -0.1) is 0 Å². The van der Waals surface area contributed by atoms with Crippen molar-refractivity contribution in [1.82, 2.24) is 12.3 Å². The summed E-state index contributed by atoms with van der Waals surface area (Å²) in [4.78, 5) is 10.3. The lowest BCUT2D eigenvalue weighted by Gasteiger charge is -1.94. The lowest BCUT2D eigenvalue weighted by molar-refractivity contribution is -0.138. The molecule has 0 saturated carbocycles. The van der Waals surface area contributed by atoms with Crippen molar-refractivity contribution in [3.8, 4) is 0 Å². The standard InChI is InChI=1S/C6H8O3.2H3N.H2O8S2/c1-2-6(7)9-4-5-3-8-5;;;1-9(2,3)7-8-10(4,5)6/h2,5H,1,3-4H2;2*1H3;(H,1,2,3)(H,4,5,6). The van der Waals surface area contributed by atoms with Gasteiger partial charge in [-0.3, -0.25) is 9.11 Å². The van der Waals surface area contributed by atoms with E-state index in [1.54, 1.807) is 0 Å². The molecule has 0 spiro atoms. The SMILES string of the molecule is C=CC(=O)OCC1CO1.N.N.O=S(=O)(O)OOS(=O)(=O)O. The molecule has 1 fully saturated rings. The molecule has 0 bridgehead atoms. The zero-order valence-corrected chi connectivity index (χ0v) is 12.2. The Bertz CT molecular complexity index is 477. The number of rotatable bonds is 6. The van der Waals surface area contributed by atoms with Gasteiger partial charge in [-0.05, 0) is 0 Å². The molecule has 21 heavy (non-hydrogen) atoms. The number of carbonyl (C=O) groups is 1. The molecule has 1 aliphatic heterocycles. The van der Waals surface area contributed by atoms with Gasteiger partial charge in [0.05, 0.1) is 6.61 Å². The van der Waals surface area contributed by atoms with Gasteiger partial charge in [-0.2, -0.15) is 16.8 Å². The number of carbonyl (C=O) groups excluding carboxylic acids is 1. The van der Waals surface area contributed by atoms with Gasteiger partial charge in [0, 0.05) is 6.08 Å². The molecule has 1 rings (SSSR count). The first kappa shape index (κ1) is 24.8. The quantitative estimate of drug-likeness (QED) is 0.111. The van der Waals surface area contributed by atoms with Crippen molar-refractivity contribution in [2.45, 2.75) is 6.10 Å². The van der Waals surface area contributed by atoms with Crippen LogP contribution in [0, 0.1) is 0 Å². The Morgan fingerprint density at radius 3 is 1.81 bits per heavy atom. The normalized spacial score (nSPS) is 16.2. The third-order valence-corrected chi connectivity index (χ3v) is 1.75. The Hall–Kier alpha value is -1.17. The summed E-state index contributed by atoms with van der Waals surface area (Å²) >= 11 is 0. The molecule has 1 atom stereocenters. The average molecular weight is 356 g/mol. The molecule has 1 saturated heterocycles. The summed E-state index contributed by atoms with van der Waals surface area (Å²) in [5.41, 5.74) is 0. The van der Waals surface area contributed by atoms with E-state index in [-0.39, 0.29) is 24.4 Å². The van der Waals surface area contributed by atoms with Crippen molar-refractivity contribution < 1.29 is 48.9 Å². The predicted octanol–water partition coefficient (Wildman–Crippen LogP) is -1.02. The van der Waals surface area contributed by atoms with Gasteiger partial charge >= 0.3 is 26.8 Å². The van der Waals surface area contributed by atoms with Crippen LogP contribution in [0.25, 0.3) is 0 Å².